The first kappa shape index (κ1) is 17.6. The molecule has 1 aliphatic heterocycles. The van der Waals surface area contributed by atoms with Crippen molar-refractivity contribution in [2.75, 3.05) is 39.3 Å². The standard InChI is InChI=1S/C18H37N5/c1-3-7-17-15(5-1)20-11-9-19-10-12-21-16-6-2-4-8-18(16)23-14-13-22-17/h15-23H,1-14H2. The van der Waals surface area contributed by atoms with Gasteiger partial charge in [0.2, 0.25) is 0 Å². The Morgan fingerprint density at radius 2 is 0.696 bits per heavy atom. The van der Waals surface area contributed by atoms with Gasteiger partial charge in [0.25, 0.3) is 0 Å². The highest BCUT2D eigenvalue weighted by molar-refractivity contribution is 4.89. The lowest BCUT2D eigenvalue weighted by molar-refractivity contribution is 0.270. The zero-order valence-corrected chi connectivity index (χ0v) is 14.7. The Kier molecular flexibility index (Phi) is 7.62. The van der Waals surface area contributed by atoms with Gasteiger partial charge in [-0.05, 0) is 25.7 Å². The van der Waals surface area contributed by atoms with Crippen molar-refractivity contribution in [2.45, 2.75) is 75.5 Å². The molecule has 0 spiro atoms. The van der Waals surface area contributed by atoms with E-state index in [1.807, 2.05) is 0 Å². The third-order valence-corrected chi connectivity index (χ3v) is 5.89. The maximum atomic E-state index is 3.82. The summed E-state index contributed by atoms with van der Waals surface area (Å²) in [5.41, 5.74) is 0. The number of fused-ring (bicyclic) bond motifs is 2. The van der Waals surface area contributed by atoms with Crippen LogP contribution in [-0.2, 0) is 0 Å². The molecular weight excluding hydrogens is 286 g/mol. The molecule has 4 unspecified atom stereocenters. The fourth-order valence-corrected chi connectivity index (χ4v) is 4.57. The zero-order valence-electron chi connectivity index (χ0n) is 14.7. The van der Waals surface area contributed by atoms with Gasteiger partial charge in [0.05, 0.1) is 0 Å². The zero-order chi connectivity index (χ0) is 15.7. The van der Waals surface area contributed by atoms with Crippen molar-refractivity contribution in [3.8, 4) is 0 Å². The second-order valence-electron chi connectivity index (χ2n) is 7.56. The lowest BCUT2D eigenvalue weighted by atomic mass is 9.90. The lowest BCUT2D eigenvalue weighted by Gasteiger charge is -2.34. The average Bonchev–Trinajstić information content (AvgIpc) is 2.60. The van der Waals surface area contributed by atoms with Crippen LogP contribution in [0.2, 0.25) is 0 Å². The molecule has 3 fully saturated rings. The van der Waals surface area contributed by atoms with Crippen molar-refractivity contribution in [3.63, 3.8) is 0 Å². The summed E-state index contributed by atoms with van der Waals surface area (Å²) in [6, 6.07) is 2.65. The number of hydrogen-bond acceptors (Lipinski definition) is 5. The number of nitrogens with one attached hydrogen (secondary N) is 5. The van der Waals surface area contributed by atoms with Crippen molar-refractivity contribution in [3.05, 3.63) is 0 Å². The normalized spacial score (nSPS) is 38.6. The minimum Gasteiger partial charge on any atom is -0.314 e. The first-order chi connectivity index (χ1) is 11.4. The summed E-state index contributed by atoms with van der Waals surface area (Å²) >= 11 is 0. The van der Waals surface area contributed by atoms with Gasteiger partial charge in [-0.1, -0.05) is 25.7 Å². The molecule has 3 rings (SSSR count). The van der Waals surface area contributed by atoms with Gasteiger partial charge < -0.3 is 26.6 Å². The molecular formula is C18H37N5. The van der Waals surface area contributed by atoms with Crippen LogP contribution in [0.1, 0.15) is 51.4 Å². The molecule has 0 aromatic heterocycles. The summed E-state index contributed by atoms with van der Waals surface area (Å²) in [7, 11) is 0. The Balaban J connectivity index is 1.51. The van der Waals surface area contributed by atoms with Gasteiger partial charge in [-0.2, -0.15) is 0 Å². The summed E-state index contributed by atoms with van der Waals surface area (Å²) in [5, 5.41) is 18.8. The van der Waals surface area contributed by atoms with Crippen LogP contribution in [0.5, 0.6) is 0 Å². The first-order valence-corrected chi connectivity index (χ1v) is 10.1. The molecule has 5 heteroatoms. The van der Waals surface area contributed by atoms with Crippen LogP contribution in [0.25, 0.3) is 0 Å². The predicted molar refractivity (Wildman–Crippen MR) is 97.0 cm³/mol. The molecule has 0 amide bonds. The van der Waals surface area contributed by atoms with E-state index in [9.17, 15) is 0 Å². The Labute approximate surface area is 142 Å². The van der Waals surface area contributed by atoms with Gasteiger partial charge in [-0.3, -0.25) is 0 Å². The van der Waals surface area contributed by atoms with E-state index < -0.39 is 0 Å². The van der Waals surface area contributed by atoms with Crippen LogP contribution in [-0.4, -0.2) is 63.4 Å². The van der Waals surface area contributed by atoms with E-state index in [0.29, 0.717) is 24.2 Å². The Bertz CT molecular complexity index is 295. The topological polar surface area (TPSA) is 60.1 Å². The fraction of sp³-hybridized carbons (Fsp3) is 1.00. The molecule has 1 saturated heterocycles. The Morgan fingerprint density at radius 1 is 0.391 bits per heavy atom. The summed E-state index contributed by atoms with van der Waals surface area (Å²) in [5.74, 6) is 0. The minimum absolute atomic E-state index is 0.663. The minimum atomic E-state index is 0.663. The molecule has 1 heterocycles. The molecule has 5 nitrogen and oxygen atoms in total. The van der Waals surface area contributed by atoms with Crippen LogP contribution in [0, 0.1) is 0 Å². The third kappa shape index (κ3) is 5.68. The van der Waals surface area contributed by atoms with Crippen LogP contribution in [0.15, 0.2) is 0 Å². The van der Waals surface area contributed by atoms with Crippen molar-refractivity contribution in [2.24, 2.45) is 0 Å². The second-order valence-corrected chi connectivity index (χ2v) is 7.56. The maximum Gasteiger partial charge on any atom is 0.0221 e. The van der Waals surface area contributed by atoms with E-state index >= 15 is 0 Å². The van der Waals surface area contributed by atoms with Crippen LogP contribution >= 0.6 is 0 Å². The van der Waals surface area contributed by atoms with Gasteiger partial charge >= 0.3 is 0 Å². The third-order valence-electron chi connectivity index (χ3n) is 5.89. The van der Waals surface area contributed by atoms with E-state index in [2.05, 4.69) is 26.6 Å². The molecule has 134 valence electrons. The molecule has 2 saturated carbocycles. The molecule has 0 bridgehead atoms. The Hall–Kier alpha value is -0.200. The highest BCUT2D eigenvalue weighted by atomic mass is 15.1. The van der Waals surface area contributed by atoms with E-state index in [0.717, 1.165) is 39.3 Å². The summed E-state index contributed by atoms with van der Waals surface area (Å²) in [6.07, 6.45) is 10.9. The number of rotatable bonds is 0. The van der Waals surface area contributed by atoms with Crippen molar-refractivity contribution in [1.82, 2.24) is 26.6 Å². The molecule has 2 aliphatic carbocycles. The molecule has 3 aliphatic rings. The predicted octanol–water partition coefficient (Wildman–Crippen LogP) is 0.570. The van der Waals surface area contributed by atoms with Crippen molar-refractivity contribution < 1.29 is 0 Å². The smallest absolute Gasteiger partial charge is 0.0221 e. The van der Waals surface area contributed by atoms with Gasteiger partial charge in [0, 0.05) is 63.4 Å². The SMILES string of the molecule is C1CCC2NCCNC3CCCCC3NCCNCCNC2C1. The molecule has 5 N–H and O–H groups in total. The summed E-state index contributed by atoms with van der Waals surface area (Å²) < 4.78 is 0. The summed E-state index contributed by atoms with van der Waals surface area (Å²) in [6.45, 7) is 6.55. The average molecular weight is 324 g/mol. The highest BCUT2D eigenvalue weighted by Crippen LogP contribution is 2.19. The summed E-state index contributed by atoms with van der Waals surface area (Å²) in [4.78, 5) is 0. The monoisotopic (exact) mass is 323 g/mol. The quantitative estimate of drug-likeness (QED) is 0.451. The highest BCUT2D eigenvalue weighted by Gasteiger charge is 2.26. The van der Waals surface area contributed by atoms with E-state index in [1.54, 1.807) is 0 Å². The fourth-order valence-electron chi connectivity index (χ4n) is 4.57. The molecule has 0 radical (unpaired) electrons. The van der Waals surface area contributed by atoms with E-state index in [1.165, 1.54) is 51.4 Å². The van der Waals surface area contributed by atoms with Gasteiger partial charge in [-0.25, -0.2) is 0 Å². The largest absolute Gasteiger partial charge is 0.314 e. The van der Waals surface area contributed by atoms with E-state index in [4.69, 9.17) is 0 Å². The van der Waals surface area contributed by atoms with Crippen molar-refractivity contribution >= 4 is 0 Å². The molecule has 0 aromatic carbocycles. The molecule has 4 atom stereocenters. The van der Waals surface area contributed by atoms with Gasteiger partial charge in [-0.15, -0.1) is 0 Å². The molecule has 0 aromatic rings. The second kappa shape index (κ2) is 9.94. The van der Waals surface area contributed by atoms with Crippen LogP contribution in [0.4, 0.5) is 0 Å². The van der Waals surface area contributed by atoms with Crippen LogP contribution in [0.3, 0.4) is 0 Å². The maximum absolute atomic E-state index is 3.82. The van der Waals surface area contributed by atoms with Crippen LogP contribution < -0.4 is 26.6 Å². The Morgan fingerprint density at radius 3 is 1.04 bits per heavy atom. The number of hydrogen-bond donors (Lipinski definition) is 5. The molecule has 23 heavy (non-hydrogen) atoms. The first-order valence-electron chi connectivity index (χ1n) is 10.1. The van der Waals surface area contributed by atoms with Gasteiger partial charge in [0.1, 0.15) is 0 Å². The lowest BCUT2D eigenvalue weighted by Crippen LogP contribution is -2.54. The van der Waals surface area contributed by atoms with Crippen molar-refractivity contribution in [1.29, 1.82) is 0 Å². The van der Waals surface area contributed by atoms with Gasteiger partial charge in [0.15, 0.2) is 0 Å². The van der Waals surface area contributed by atoms with E-state index in [-0.39, 0.29) is 0 Å².